The van der Waals surface area contributed by atoms with Crippen molar-refractivity contribution in [2.24, 2.45) is 0 Å². The van der Waals surface area contributed by atoms with Gasteiger partial charge in [0.2, 0.25) is 17.7 Å². The van der Waals surface area contributed by atoms with Crippen molar-refractivity contribution in [2.75, 3.05) is 18.4 Å². The Morgan fingerprint density at radius 1 is 1.53 bits per heavy atom. The number of ether oxygens (including phenoxy) is 1. The quantitative estimate of drug-likeness (QED) is 0.602. The number of rotatable bonds is 6. The Morgan fingerprint density at radius 2 is 2.40 bits per heavy atom. The van der Waals surface area contributed by atoms with Gasteiger partial charge in [-0.25, -0.2) is 0 Å². The van der Waals surface area contributed by atoms with Gasteiger partial charge < -0.3 is 19.9 Å². The summed E-state index contributed by atoms with van der Waals surface area (Å²) in [6, 6.07) is 2.14. The molecule has 3 aromatic rings. The SMILES string of the molecule is C=CC(=O)N1CCCC(Oc2nc(Nc3cnn(CC)c3)nc3[nH]cc(C#N)c23)C1. The first-order valence-corrected chi connectivity index (χ1v) is 9.78. The number of nitrogens with zero attached hydrogens (tertiary/aromatic N) is 6. The zero-order valence-electron chi connectivity index (χ0n) is 16.6. The first kappa shape index (κ1) is 19.4. The van der Waals surface area contributed by atoms with Crippen LogP contribution in [-0.2, 0) is 11.3 Å². The number of hydrogen-bond acceptors (Lipinski definition) is 7. The molecule has 3 aromatic heterocycles. The highest BCUT2D eigenvalue weighted by atomic mass is 16.5. The van der Waals surface area contributed by atoms with E-state index >= 15 is 0 Å². The predicted molar refractivity (Wildman–Crippen MR) is 110 cm³/mol. The third-order valence-electron chi connectivity index (χ3n) is 4.97. The molecule has 0 saturated carbocycles. The topological polar surface area (TPSA) is 125 Å². The molecule has 0 spiro atoms. The third-order valence-corrected chi connectivity index (χ3v) is 4.97. The van der Waals surface area contributed by atoms with E-state index in [1.807, 2.05) is 13.1 Å². The minimum absolute atomic E-state index is 0.120. The van der Waals surface area contributed by atoms with Gasteiger partial charge in [-0.05, 0) is 25.8 Å². The lowest BCUT2D eigenvalue weighted by atomic mass is 10.1. The van der Waals surface area contributed by atoms with Gasteiger partial charge in [0.1, 0.15) is 17.8 Å². The van der Waals surface area contributed by atoms with E-state index in [0.717, 1.165) is 25.1 Å². The molecule has 1 unspecified atom stereocenters. The highest BCUT2D eigenvalue weighted by molar-refractivity contribution is 5.88. The summed E-state index contributed by atoms with van der Waals surface area (Å²) in [4.78, 5) is 25.7. The maximum Gasteiger partial charge on any atom is 0.246 e. The number of hydrogen-bond donors (Lipinski definition) is 2. The number of H-pyrrole nitrogens is 1. The lowest BCUT2D eigenvalue weighted by Crippen LogP contribution is -2.43. The second-order valence-corrected chi connectivity index (χ2v) is 6.97. The number of carbonyl (C=O) groups excluding carboxylic acids is 1. The van der Waals surface area contributed by atoms with E-state index in [-0.39, 0.29) is 12.0 Å². The van der Waals surface area contributed by atoms with Crippen LogP contribution in [0.4, 0.5) is 11.6 Å². The molecule has 10 heteroatoms. The molecule has 1 fully saturated rings. The van der Waals surface area contributed by atoms with Crippen LogP contribution in [0.5, 0.6) is 5.88 Å². The second kappa shape index (κ2) is 8.24. The molecule has 1 aliphatic rings. The highest BCUT2D eigenvalue weighted by Gasteiger charge is 2.26. The number of nitrogens with one attached hydrogen (secondary N) is 2. The molecule has 4 rings (SSSR count). The molecule has 154 valence electrons. The Morgan fingerprint density at radius 3 is 3.13 bits per heavy atom. The Hall–Kier alpha value is -3.87. The van der Waals surface area contributed by atoms with Crippen LogP contribution in [0.15, 0.2) is 31.2 Å². The van der Waals surface area contributed by atoms with E-state index in [0.29, 0.717) is 41.5 Å². The van der Waals surface area contributed by atoms with E-state index in [4.69, 9.17) is 4.74 Å². The summed E-state index contributed by atoms with van der Waals surface area (Å²) >= 11 is 0. The van der Waals surface area contributed by atoms with Crippen LogP contribution in [0.3, 0.4) is 0 Å². The number of amides is 1. The van der Waals surface area contributed by atoms with Gasteiger partial charge >= 0.3 is 0 Å². The molecule has 10 nitrogen and oxygen atoms in total. The van der Waals surface area contributed by atoms with Gasteiger partial charge in [-0.15, -0.1) is 0 Å². The Bertz CT molecular complexity index is 1130. The molecule has 2 N–H and O–H groups in total. The molecular weight excluding hydrogens is 384 g/mol. The molecule has 30 heavy (non-hydrogen) atoms. The Labute approximate surface area is 173 Å². The van der Waals surface area contributed by atoms with Gasteiger partial charge in [0.15, 0.2) is 0 Å². The number of carbonyl (C=O) groups is 1. The summed E-state index contributed by atoms with van der Waals surface area (Å²) in [7, 11) is 0. The van der Waals surface area contributed by atoms with E-state index < -0.39 is 0 Å². The average molecular weight is 406 g/mol. The fourth-order valence-electron chi connectivity index (χ4n) is 3.48. The molecule has 0 bridgehead atoms. The number of nitriles is 1. The number of anilines is 2. The molecule has 1 amide bonds. The predicted octanol–water partition coefficient (Wildman–Crippen LogP) is 2.35. The van der Waals surface area contributed by atoms with Crippen molar-refractivity contribution in [3.05, 3.63) is 36.8 Å². The van der Waals surface area contributed by atoms with Crippen LogP contribution in [0.1, 0.15) is 25.3 Å². The standard InChI is InChI=1S/C20H22N8O2/c1-3-16(29)27-7-5-6-15(12-27)30-19-17-13(8-21)9-22-18(17)25-20(26-19)24-14-10-23-28(4-2)11-14/h3,9-11,15H,1,4-7,12H2,2H3,(H2,22,24,25,26). The largest absolute Gasteiger partial charge is 0.472 e. The van der Waals surface area contributed by atoms with Gasteiger partial charge in [0.05, 0.1) is 29.4 Å². The van der Waals surface area contributed by atoms with E-state index in [2.05, 4.69) is 38.0 Å². The number of aromatic amines is 1. The maximum atomic E-state index is 12.0. The summed E-state index contributed by atoms with van der Waals surface area (Å²) in [6.07, 6.45) is 7.79. The lowest BCUT2D eigenvalue weighted by Gasteiger charge is -2.32. The van der Waals surface area contributed by atoms with Gasteiger partial charge in [0.25, 0.3) is 0 Å². The number of aromatic nitrogens is 5. The zero-order chi connectivity index (χ0) is 21.1. The minimum Gasteiger partial charge on any atom is -0.472 e. The normalized spacial score (nSPS) is 16.3. The molecule has 1 atom stereocenters. The van der Waals surface area contributed by atoms with Crippen LogP contribution >= 0.6 is 0 Å². The molecule has 0 radical (unpaired) electrons. The fourth-order valence-corrected chi connectivity index (χ4v) is 3.48. The second-order valence-electron chi connectivity index (χ2n) is 6.97. The van der Waals surface area contributed by atoms with Crippen molar-refractivity contribution in [3.63, 3.8) is 0 Å². The average Bonchev–Trinajstić information content (AvgIpc) is 3.40. The monoisotopic (exact) mass is 406 g/mol. The molecule has 1 saturated heterocycles. The lowest BCUT2D eigenvalue weighted by molar-refractivity contribution is -0.128. The van der Waals surface area contributed by atoms with Gasteiger partial charge in [-0.2, -0.15) is 20.3 Å². The molecule has 0 aliphatic carbocycles. The number of fused-ring (bicyclic) bond motifs is 1. The summed E-state index contributed by atoms with van der Waals surface area (Å²) in [6.45, 7) is 7.41. The molecular formula is C20H22N8O2. The highest BCUT2D eigenvalue weighted by Crippen LogP contribution is 2.30. The minimum atomic E-state index is -0.238. The molecule has 1 aliphatic heterocycles. The number of aryl methyl sites for hydroxylation is 1. The van der Waals surface area contributed by atoms with Crippen LogP contribution < -0.4 is 10.1 Å². The van der Waals surface area contributed by atoms with Crippen molar-refractivity contribution in [1.29, 1.82) is 5.26 Å². The van der Waals surface area contributed by atoms with Crippen molar-refractivity contribution < 1.29 is 9.53 Å². The number of piperidine rings is 1. The first-order chi connectivity index (χ1) is 14.6. The van der Waals surface area contributed by atoms with E-state index in [9.17, 15) is 10.1 Å². The van der Waals surface area contributed by atoms with E-state index in [1.54, 1.807) is 22.0 Å². The summed E-state index contributed by atoms with van der Waals surface area (Å²) < 4.78 is 7.97. The van der Waals surface area contributed by atoms with Gasteiger partial charge in [-0.3, -0.25) is 9.48 Å². The number of likely N-dealkylation sites (tertiary alicyclic amines) is 1. The zero-order valence-corrected chi connectivity index (χ0v) is 16.6. The molecule has 0 aromatic carbocycles. The molecule has 4 heterocycles. The van der Waals surface area contributed by atoms with Gasteiger partial charge in [0, 0.05) is 25.5 Å². The van der Waals surface area contributed by atoms with Crippen LogP contribution in [0.2, 0.25) is 0 Å². The smallest absolute Gasteiger partial charge is 0.246 e. The van der Waals surface area contributed by atoms with Crippen molar-refractivity contribution in [2.45, 2.75) is 32.4 Å². The van der Waals surface area contributed by atoms with Gasteiger partial charge in [-0.1, -0.05) is 6.58 Å². The Balaban J connectivity index is 1.64. The Kier molecular flexibility index (Phi) is 5.34. The van der Waals surface area contributed by atoms with Crippen LogP contribution in [0, 0.1) is 11.3 Å². The third kappa shape index (κ3) is 3.82. The first-order valence-electron chi connectivity index (χ1n) is 9.78. The van der Waals surface area contributed by atoms with Crippen molar-refractivity contribution in [3.8, 4) is 11.9 Å². The fraction of sp³-hybridized carbons (Fsp3) is 0.350. The summed E-state index contributed by atoms with van der Waals surface area (Å²) in [5.41, 5.74) is 1.64. The van der Waals surface area contributed by atoms with Crippen molar-refractivity contribution >= 4 is 28.6 Å². The van der Waals surface area contributed by atoms with Crippen LogP contribution in [0.25, 0.3) is 11.0 Å². The van der Waals surface area contributed by atoms with Crippen LogP contribution in [-0.4, -0.2) is 54.7 Å². The summed E-state index contributed by atoms with van der Waals surface area (Å²) in [5.74, 6) is 0.515. The summed E-state index contributed by atoms with van der Waals surface area (Å²) in [5, 5.41) is 17.3. The van der Waals surface area contributed by atoms with Crippen molar-refractivity contribution in [1.82, 2.24) is 29.6 Å². The van der Waals surface area contributed by atoms with E-state index in [1.165, 1.54) is 6.08 Å². The maximum absolute atomic E-state index is 12.0.